The Hall–Kier alpha value is -0.593. The first-order valence-corrected chi connectivity index (χ1v) is 7.71. The summed E-state index contributed by atoms with van der Waals surface area (Å²) in [5.74, 6) is -0.103. The van der Waals surface area contributed by atoms with Gasteiger partial charge >= 0.3 is 6.03 Å². The second-order valence-corrected chi connectivity index (χ2v) is 6.08. The zero-order valence-corrected chi connectivity index (χ0v) is 12.6. The van der Waals surface area contributed by atoms with Crippen LogP contribution < -0.4 is 5.32 Å². The Morgan fingerprint density at radius 1 is 1.39 bits per heavy atom. The van der Waals surface area contributed by atoms with Crippen LogP contribution in [0, 0.1) is 0 Å². The van der Waals surface area contributed by atoms with E-state index >= 15 is 0 Å². The summed E-state index contributed by atoms with van der Waals surface area (Å²) >= 11 is 0. The maximum Gasteiger partial charge on any atom is 0.317 e. The summed E-state index contributed by atoms with van der Waals surface area (Å²) in [5.41, 5.74) is 0.577. The largest absolute Gasteiger partial charge is 0.360 e. The van der Waals surface area contributed by atoms with Gasteiger partial charge in [-0.1, -0.05) is 19.8 Å². The highest BCUT2D eigenvalue weighted by Gasteiger charge is 2.22. The van der Waals surface area contributed by atoms with Gasteiger partial charge in [-0.15, -0.1) is 0 Å². The second-order valence-electron chi connectivity index (χ2n) is 4.46. The number of rotatable bonds is 9. The molecule has 0 aromatic carbocycles. The van der Waals surface area contributed by atoms with Crippen LogP contribution in [-0.4, -0.2) is 60.2 Å². The van der Waals surface area contributed by atoms with E-state index in [1.165, 1.54) is 0 Å². The Balaban J connectivity index is 2.34. The van der Waals surface area contributed by atoms with Crippen LogP contribution in [0.15, 0.2) is 0 Å². The minimum Gasteiger partial charge on any atom is -0.360 e. The molecule has 1 heterocycles. The van der Waals surface area contributed by atoms with Gasteiger partial charge in [0.15, 0.2) is 0 Å². The first-order valence-electron chi connectivity index (χ1n) is 6.55. The monoisotopic (exact) mass is 272 g/mol. The molecule has 2 amide bonds. The summed E-state index contributed by atoms with van der Waals surface area (Å²) in [6, 6.07) is 0.0728. The number of methoxy groups -OCH3 is 2. The van der Waals surface area contributed by atoms with Crippen LogP contribution >= 0.6 is 0 Å². The number of ether oxygens (including phenoxy) is 2. The van der Waals surface area contributed by atoms with E-state index in [1.54, 1.807) is 14.2 Å². The quantitative estimate of drug-likeness (QED) is 0.508. The number of urea groups is 1. The predicted molar refractivity (Wildman–Crippen MR) is 71.8 cm³/mol. The number of hydrogen-bond donors (Lipinski definition) is 1. The molecular formula is C12H24N2O3Si. The molecule has 104 valence electrons. The molecule has 0 spiro atoms. The van der Waals surface area contributed by atoms with Gasteiger partial charge in [0.2, 0.25) is 0 Å². The molecule has 2 radical (unpaired) electrons. The molecule has 1 fully saturated rings. The third-order valence-corrected chi connectivity index (χ3v) is 4.92. The SMILES string of the molecule is CCCC(CCN1CCNC1=O)[Si]C(OC)OC. The van der Waals surface area contributed by atoms with Crippen molar-refractivity contribution >= 4 is 15.6 Å². The Morgan fingerprint density at radius 2 is 2.11 bits per heavy atom. The molecule has 0 aromatic heterocycles. The fourth-order valence-electron chi connectivity index (χ4n) is 2.12. The van der Waals surface area contributed by atoms with Crippen molar-refractivity contribution in [2.45, 2.75) is 37.6 Å². The first kappa shape index (κ1) is 15.5. The highest BCUT2D eigenvalue weighted by molar-refractivity contribution is 6.38. The molecule has 1 aliphatic heterocycles. The van der Waals surface area contributed by atoms with E-state index in [9.17, 15) is 4.79 Å². The van der Waals surface area contributed by atoms with Gasteiger partial charge in [-0.2, -0.15) is 0 Å². The lowest BCUT2D eigenvalue weighted by Gasteiger charge is -2.22. The summed E-state index contributed by atoms with van der Waals surface area (Å²) in [4.78, 5) is 13.3. The fraction of sp³-hybridized carbons (Fsp3) is 0.917. The van der Waals surface area contributed by atoms with Crippen molar-refractivity contribution in [3.63, 3.8) is 0 Å². The maximum atomic E-state index is 11.4. The standard InChI is InChI=1S/C12H24N2O3Si/c1-4-5-10(18-12(16-2)17-3)6-8-14-9-7-13-11(14)15/h10,12H,4-9H2,1-3H3,(H,13,15). The lowest BCUT2D eigenvalue weighted by Crippen LogP contribution is -2.32. The number of carbonyl (C=O) groups is 1. The molecular weight excluding hydrogens is 248 g/mol. The number of carbonyl (C=O) groups excluding carboxylic acids is 1. The molecule has 5 nitrogen and oxygen atoms in total. The van der Waals surface area contributed by atoms with Crippen molar-refractivity contribution in [3.8, 4) is 0 Å². The lowest BCUT2D eigenvalue weighted by molar-refractivity contribution is -0.0450. The minimum absolute atomic E-state index is 0.0728. The van der Waals surface area contributed by atoms with E-state index in [4.69, 9.17) is 9.47 Å². The highest BCUT2D eigenvalue weighted by Crippen LogP contribution is 2.20. The summed E-state index contributed by atoms with van der Waals surface area (Å²) in [6.45, 7) is 4.63. The van der Waals surface area contributed by atoms with Crippen LogP contribution in [-0.2, 0) is 9.47 Å². The Labute approximate surface area is 112 Å². The molecule has 1 saturated heterocycles. The second kappa shape index (κ2) is 8.50. The van der Waals surface area contributed by atoms with Crippen molar-refractivity contribution in [1.82, 2.24) is 10.2 Å². The highest BCUT2D eigenvalue weighted by atomic mass is 28.2. The summed E-state index contributed by atoms with van der Waals surface area (Å²) in [7, 11) is 3.99. The molecule has 0 bridgehead atoms. The molecule has 1 N–H and O–H groups in total. The van der Waals surface area contributed by atoms with Gasteiger partial charge in [-0.3, -0.25) is 0 Å². The number of nitrogens with zero attached hydrogens (tertiary/aromatic N) is 1. The van der Waals surface area contributed by atoms with Crippen molar-refractivity contribution in [3.05, 3.63) is 0 Å². The summed E-state index contributed by atoms with van der Waals surface area (Å²) in [5, 5.41) is 2.83. The van der Waals surface area contributed by atoms with Gasteiger partial charge in [-0.25, -0.2) is 4.79 Å². The maximum absolute atomic E-state index is 11.4. The molecule has 18 heavy (non-hydrogen) atoms. The third-order valence-electron chi connectivity index (χ3n) is 3.13. The summed E-state index contributed by atoms with van der Waals surface area (Å²) < 4.78 is 10.5. The van der Waals surface area contributed by atoms with Crippen LogP contribution in [0.4, 0.5) is 4.79 Å². The Morgan fingerprint density at radius 3 is 2.61 bits per heavy atom. The van der Waals surface area contributed by atoms with Gasteiger partial charge < -0.3 is 19.7 Å². The van der Waals surface area contributed by atoms with Gasteiger partial charge in [0.25, 0.3) is 0 Å². The molecule has 0 saturated carbocycles. The minimum atomic E-state index is -0.103. The van der Waals surface area contributed by atoms with Gasteiger partial charge in [0, 0.05) is 33.9 Å². The fourth-order valence-corrected chi connectivity index (χ4v) is 3.53. The van der Waals surface area contributed by atoms with Crippen molar-refractivity contribution in [1.29, 1.82) is 0 Å². The Kier molecular flexibility index (Phi) is 7.30. The number of amides is 2. The van der Waals surface area contributed by atoms with Crippen molar-refractivity contribution < 1.29 is 14.3 Å². The van der Waals surface area contributed by atoms with Crippen LogP contribution in [0.2, 0.25) is 5.54 Å². The van der Waals surface area contributed by atoms with Crippen molar-refractivity contribution in [2.75, 3.05) is 33.9 Å². The topological polar surface area (TPSA) is 50.8 Å². The zero-order valence-electron chi connectivity index (χ0n) is 11.6. The average Bonchev–Trinajstić information content (AvgIpc) is 2.78. The van der Waals surface area contributed by atoms with Crippen LogP contribution in [0.5, 0.6) is 0 Å². The third kappa shape index (κ3) is 4.95. The van der Waals surface area contributed by atoms with E-state index in [2.05, 4.69) is 12.2 Å². The van der Waals surface area contributed by atoms with E-state index in [0.717, 1.165) is 38.9 Å². The molecule has 0 aromatic rings. The van der Waals surface area contributed by atoms with E-state index < -0.39 is 0 Å². The zero-order chi connectivity index (χ0) is 13.4. The molecule has 1 unspecified atom stereocenters. The van der Waals surface area contributed by atoms with Crippen LogP contribution in [0.1, 0.15) is 26.2 Å². The Bertz CT molecular complexity index is 249. The van der Waals surface area contributed by atoms with Gasteiger partial charge in [0.1, 0.15) is 15.4 Å². The van der Waals surface area contributed by atoms with Gasteiger partial charge in [0.05, 0.1) is 0 Å². The number of nitrogens with one attached hydrogen (secondary N) is 1. The smallest absolute Gasteiger partial charge is 0.317 e. The molecule has 1 rings (SSSR count). The van der Waals surface area contributed by atoms with Crippen molar-refractivity contribution in [2.24, 2.45) is 0 Å². The van der Waals surface area contributed by atoms with Crippen LogP contribution in [0.25, 0.3) is 0 Å². The van der Waals surface area contributed by atoms with Crippen LogP contribution in [0.3, 0.4) is 0 Å². The predicted octanol–water partition coefficient (Wildman–Crippen LogP) is 1.27. The average molecular weight is 272 g/mol. The van der Waals surface area contributed by atoms with E-state index in [0.29, 0.717) is 15.1 Å². The van der Waals surface area contributed by atoms with E-state index in [-0.39, 0.29) is 11.9 Å². The molecule has 0 aliphatic carbocycles. The number of hydrogen-bond acceptors (Lipinski definition) is 3. The molecule has 1 aliphatic rings. The molecule has 1 atom stereocenters. The van der Waals surface area contributed by atoms with Gasteiger partial charge in [-0.05, 0) is 12.0 Å². The first-order chi connectivity index (χ1) is 8.71. The molecule has 6 heteroatoms. The normalized spacial score (nSPS) is 17.3. The lowest BCUT2D eigenvalue weighted by atomic mass is 10.2. The summed E-state index contributed by atoms with van der Waals surface area (Å²) in [6.07, 6.45) is 3.35. The van der Waals surface area contributed by atoms with E-state index in [1.807, 2.05) is 4.90 Å².